The molecule has 0 unspecified atom stereocenters. The van der Waals surface area contributed by atoms with Gasteiger partial charge in [0.1, 0.15) is 16.2 Å². The summed E-state index contributed by atoms with van der Waals surface area (Å²) in [4.78, 5) is 4.21. The predicted octanol–water partition coefficient (Wildman–Crippen LogP) is 3.25. The van der Waals surface area contributed by atoms with Crippen molar-refractivity contribution < 1.29 is 0 Å². The number of nitrogens with one attached hydrogen (secondary N) is 1. The number of aryl methyl sites for hydroxylation is 2. The number of hydrogen-bond acceptors (Lipinski definition) is 2. The van der Waals surface area contributed by atoms with Crippen LogP contribution in [0.2, 0.25) is 5.15 Å². The van der Waals surface area contributed by atoms with Crippen molar-refractivity contribution in [3.8, 4) is 0 Å². The van der Waals surface area contributed by atoms with Crippen molar-refractivity contribution in [1.82, 2.24) is 15.2 Å². The topological polar surface area (TPSA) is 41.6 Å². The summed E-state index contributed by atoms with van der Waals surface area (Å²) in [5.74, 6) is 0. The second-order valence-electron chi connectivity index (χ2n) is 2.81. The van der Waals surface area contributed by atoms with Gasteiger partial charge in [0, 0.05) is 0 Å². The van der Waals surface area contributed by atoms with Crippen LogP contribution in [0.4, 0.5) is 0 Å². The highest BCUT2D eigenvalue weighted by Gasteiger charge is 2.05. The van der Waals surface area contributed by atoms with Gasteiger partial charge in [-0.1, -0.05) is 25.4 Å². The molecule has 0 spiro atoms. The van der Waals surface area contributed by atoms with Crippen LogP contribution in [0.25, 0.3) is 11.0 Å². The fourth-order valence-electron chi connectivity index (χ4n) is 1.13. The first-order valence-corrected chi connectivity index (χ1v) is 5.04. The largest absolute Gasteiger partial charge is 0.280 e. The Morgan fingerprint density at radius 3 is 2.57 bits per heavy atom. The highest BCUT2D eigenvalue weighted by Crippen LogP contribution is 2.19. The van der Waals surface area contributed by atoms with Crippen molar-refractivity contribution in [2.45, 2.75) is 27.7 Å². The summed E-state index contributed by atoms with van der Waals surface area (Å²) in [5, 5.41) is 7.48. The molecule has 2 aromatic heterocycles. The quantitative estimate of drug-likeness (QED) is 0.680. The molecule has 0 fully saturated rings. The van der Waals surface area contributed by atoms with Crippen LogP contribution in [-0.4, -0.2) is 15.2 Å². The summed E-state index contributed by atoms with van der Waals surface area (Å²) in [6.07, 6.45) is 0. The van der Waals surface area contributed by atoms with E-state index in [1.165, 1.54) is 0 Å². The number of hydrogen-bond donors (Lipinski definition) is 1. The van der Waals surface area contributed by atoms with Gasteiger partial charge in [0.15, 0.2) is 0 Å². The third-order valence-electron chi connectivity index (χ3n) is 1.83. The highest BCUT2D eigenvalue weighted by atomic mass is 35.5. The lowest BCUT2D eigenvalue weighted by Gasteiger charge is -1.95. The van der Waals surface area contributed by atoms with Crippen LogP contribution >= 0.6 is 11.6 Å². The van der Waals surface area contributed by atoms with Crippen LogP contribution in [-0.2, 0) is 0 Å². The maximum Gasteiger partial charge on any atom is 0.132 e. The Kier molecular flexibility index (Phi) is 3.47. The van der Waals surface area contributed by atoms with Crippen molar-refractivity contribution in [3.63, 3.8) is 0 Å². The van der Waals surface area contributed by atoms with E-state index in [-0.39, 0.29) is 0 Å². The SMILES string of the molecule is CC.Cc1cc2n[nH]c(C)c2nc1Cl. The Morgan fingerprint density at radius 1 is 1.29 bits per heavy atom. The molecule has 0 radical (unpaired) electrons. The average molecular weight is 212 g/mol. The number of halogens is 1. The molecule has 1 N–H and O–H groups in total. The zero-order valence-electron chi connectivity index (χ0n) is 8.85. The Balaban J connectivity index is 0.000000461. The molecule has 76 valence electrons. The van der Waals surface area contributed by atoms with Gasteiger partial charge >= 0.3 is 0 Å². The number of rotatable bonds is 0. The fourth-order valence-corrected chi connectivity index (χ4v) is 1.27. The van der Waals surface area contributed by atoms with Crippen LogP contribution in [0.1, 0.15) is 25.1 Å². The van der Waals surface area contributed by atoms with Crippen LogP contribution in [0.5, 0.6) is 0 Å². The fraction of sp³-hybridized carbons (Fsp3) is 0.400. The van der Waals surface area contributed by atoms with E-state index in [0.717, 1.165) is 22.3 Å². The summed E-state index contributed by atoms with van der Waals surface area (Å²) in [6, 6.07) is 1.92. The van der Waals surface area contributed by atoms with E-state index < -0.39 is 0 Å². The number of H-pyrrole nitrogens is 1. The van der Waals surface area contributed by atoms with Gasteiger partial charge in [-0.25, -0.2) is 4.98 Å². The molecule has 14 heavy (non-hydrogen) atoms. The van der Waals surface area contributed by atoms with E-state index in [1.54, 1.807) is 0 Å². The van der Waals surface area contributed by atoms with Gasteiger partial charge in [-0.2, -0.15) is 5.10 Å². The van der Waals surface area contributed by atoms with Crippen molar-refractivity contribution >= 4 is 22.6 Å². The molecule has 0 aliphatic heterocycles. The van der Waals surface area contributed by atoms with Crippen molar-refractivity contribution in [1.29, 1.82) is 0 Å². The molecule has 2 aromatic rings. The van der Waals surface area contributed by atoms with Gasteiger partial charge in [-0.15, -0.1) is 0 Å². The van der Waals surface area contributed by atoms with Gasteiger partial charge in [0.25, 0.3) is 0 Å². The lowest BCUT2D eigenvalue weighted by Crippen LogP contribution is -1.82. The Labute approximate surface area is 88.5 Å². The Bertz CT molecular complexity index is 434. The van der Waals surface area contributed by atoms with Crippen molar-refractivity contribution in [2.24, 2.45) is 0 Å². The molecule has 0 saturated carbocycles. The molecular formula is C10H14ClN3. The molecule has 3 nitrogen and oxygen atoms in total. The van der Waals surface area contributed by atoms with Crippen LogP contribution in [0, 0.1) is 13.8 Å². The van der Waals surface area contributed by atoms with Gasteiger partial charge in [-0.3, -0.25) is 5.10 Å². The standard InChI is InChI=1S/C8H8ClN3.C2H6/c1-4-3-6-7(10-8(4)9)5(2)11-12-6;1-2/h3H,1-2H3,(H,11,12);1-2H3. The first kappa shape index (κ1) is 11.0. The van der Waals surface area contributed by atoms with Gasteiger partial charge in [-0.05, 0) is 25.5 Å². The molecule has 4 heteroatoms. The van der Waals surface area contributed by atoms with E-state index in [9.17, 15) is 0 Å². The minimum Gasteiger partial charge on any atom is -0.280 e. The van der Waals surface area contributed by atoms with Gasteiger partial charge < -0.3 is 0 Å². The van der Waals surface area contributed by atoms with E-state index in [4.69, 9.17) is 11.6 Å². The summed E-state index contributed by atoms with van der Waals surface area (Å²) in [5.41, 5.74) is 3.63. The third-order valence-corrected chi connectivity index (χ3v) is 2.21. The maximum atomic E-state index is 5.86. The first-order valence-electron chi connectivity index (χ1n) is 4.66. The van der Waals surface area contributed by atoms with Crippen molar-refractivity contribution in [2.75, 3.05) is 0 Å². The molecule has 0 aromatic carbocycles. The van der Waals surface area contributed by atoms with E-state index >= 15 is 0 Å². The summed E-state index contributed by atoms with van der Waals surface area (Å²) in [6.45, 7) is 7.84. The average Bonchev–Trinajstić information content (AvgIpc) is 2.53. The van der Waals surface area contributed by atoms with Crippen LogP contribution < -0.4 is 0 Å². The second kappa shape index (κ2) is 4.42. The first-order chi connectivity index (χ1) is 6.68. The molecule has 0 amide bonds. The normalized spacial score (nSPS) is 9.79. The molecule has 0 atom stereocenters. The molecule has 0 aliphatic rings. The minimum atomic E-state index is 0.548. The number of fused-ring (bicyclic) bond motifs is 1. The second-order valence-corrected chi connectivity index (χ2v) is 3.17. The van der Waals surface area contributed by atoms with Gasteiger partial charge in [0.2, 0.25) is 0 Å². The zero-order valence-corrected chi connectivity index (χ0v) is 9.61. The number of aromatic amines is 1. The highest BCUT2D eigenvalue weighted by molar-refractivity contribution is 6.30. The molecule has 0 saturated heterocycles. The van der Waals surface area contributed by atoms with E-state index in [0.29, 0.717) is 5.15 Å². The van der Waals surface area contributed by atoms with Crippen LogP contribution in [0.3, 0.4) is 0 Å². The van der Waals surface area contributed by atoms with E-state index in [2.05, 4.69) is 15.2 Å². The predicted molar refractivity (Wildman–Crippen MR) is 59.7 cm³/mol. The smallest absolute Gasteiger partial charge is 0.132 e. The molecule has 2 heterocycles. The third kappa shape index (κ3) is 1.87. The zero-order chi connectivity index (χ0) is 10.7. The number of nitrogens with zero attached hydrogens (tertiary/aromatic N) is 2. The van der Waals surface area contributed by atoms with Gasteiger partial charge in [0.05, 0.1) is 5.69 Å². The lowest BCUT2D eigenvalue weighted by molar-refractivity contribution is 1.07. The van der Waals surface area contributed by atoms with E-state index in [1.807, 2.05) is 33.8 Å². The maximum absolute atomic E-state index is 5.86. The summed E-state index contributed by atoms with van der Waals surface area (Å²) >= 11 is 5.86. The lowest BCUT2D eigenvalue weighted by atomic mass is 10.2. The Hall–Kier alpha value is -1.09. The molecule has 0 aliphatic carbocycles. The number of aromatic nitrogens is 3. The summed E-state index contributed by atoms with van der Waals surface area (Å²) < 4.78 is 0. The summed E-state index contributed by atoms with van der Waals surface area (Å²) in [7, 11) is 0. The number of pyridine rings is 1. The monoisotopic (exact) mass is 211 g/mol. The van der Waals surface area contributed by atoms with Crippen LogP contribution in [0.15, 0.2) is 6.07 Å². The molecular weight excluding hydrogens is 198 g/mol. The Morgan fingerprint density at radius 2 is 1.93 bits per heavy atom. The van der Waals surface area contributed by atoms with Crippen molar-refractivity contribution in [3.05, 3.63) is 22.5 Å². The molecule has 0 bridgehead atoms. The minimum absolute atomic E-state index is 0.548. The molecule has 2 rings (SSSR count).